The third kappa shape index (κ3) is 44.5. The summed E-state index contributed by atoms with van der Waals surface area (Å²) in [5, 5.41) is 23.7. The molecule has 0 heterocycles. The zero-order valence-corrected chi connectivity index (χ0v) is 40.8. The van der Waals surface area contributed by atoms with Gasteiger partial charge in [0.25, 0.3) is 0 Å². The molecule has 3 atom stereocenters. The number of hydrogen-bond acceptors (Lipinski definition) is 5. The lowest BCUT2D eigenvalue weighted by molar-refractivity contribution is -0.151. The van der Waals surface area contributed by atoms with E-state index in [1.165, 1.54) is 154 Å². The average Bonchev–Trinajstić information content (AvgIpc) is 3.25. The fourth-order valence-corrected chi connectivity index (χ4v) is 8.10. The van der Waals surface area contributed by atoms with Crippen molar-refractivity contribution in [1.82, 2.24) is 5.32 Å². The lowest BCUT2D eigenvalue weighted by Crippen LogP contribution is -2.46. The number of hydrogen-bond donors (Lipinski definition) is 3. The Balaban J connectivity index is 4.56. The molecule has 6 heteroatoms. The van der Waals surface area contributed by atoms with Crippen LogP contribution < -0.4 is 5.32 Å². The highest BCUT2D eigenvalue weighted by Crippen LogP contribution is 2.18. The summed E-state index contributed by atoms with van der Waals surface area (Å²) in [6, 6.07) is -0.705. The van der Waals surface area contributed by atoms with Gasteiger partial charge in [-0.15, -0.1) is 0 Å². The third-order valence-corrected chi connectivity index (χ3v) is 12.2. The third-order valence-electron chi connectivity index (χ3n) is 12.2. The van der Waals surface area contributed by atoms with Crippen LogP contribution in [0.5, 0.6) is 0 Å². The second-order valence-corrected chi connectivity index (χ2v) is 18.3. The summed E-state index contributed by atoms with van der Waals surface area (Å²) < 4.78 is 5.93. The molecule has 0 fully saturated rings. The average molecular weight is 858 g/mol. The molecule has 0 aliphatic carbocycles. The maximum Gasteiger partial charge on any atom is 0.306 e. The van der Waals surface area contributed by atoms with E-state index >= 15 is 0 Å². The van der Waals surface area contributed by atoms with Gasteiger partial charge in [0.1, 0.15) is 6.10 Å². The predicted molar refractivity (Wildman–Crippen MR) is 264 cm³/mol. The van der Waals surface area contributed by atoms with Gasteiger partial charge in [0, 0.05) is 6.42 Å². The lowest BCUT2D eigenvalue weighted by atomic mass is 10.0. The van der Waals surface area contributed by atoms with E-state index in [0.29, 0.717) is 19.3 Å². The minimum Gasteiger partial charge on any atom is -0.462 e. The van der Waals surface area contributed by atoms with Gasteiger partial charge < -0.3 is 20.3 Å². The number of allylic oxidation sites excluding steroid dienone is 6. The Kier molecular flexibility index (Phi) is 47.6. The Labute approximate surface area is 379 Å². The molecule has 0 aromatic heterocycles. The number of ether oxygens (including phenoxy) is 1. The standard InChI is InChI=1S/C55H103NO5/c1-4-7-10-13-16-19-21-23-25-26-27-29-31-33-36-39-42-45-48-55(60)61-51(46-43-40-37-35-32-30-28-24-22-20-17-14-11-8-5-2)49-54(59)56-52(50-57)53(58)47-44-41-38-34-18-15-12-9-6-3/h17,20,24,27-29,51-53,57-58H,4-16,18-19,21-23,25-26,30-50H2,1-3H3,(H,56,59)/b20-17-,28-24-,29-27+. The van der Waals surface area contributed by atoms with Crippen LogP contribution in [0.25, 0.3) is 0 Å². The number of esters is 1. The highest BCUT2D eigenvalue weighted by Gasteiger charge is 2.24. The van der Waals surface area contributed by atoms with E-state index in [2.05, 4.69) is 62.5 Å². The van der Waals surface area contributed by atoms with Crippen LogP contribution in [0, 0.1) is 0 Å². The quantitative estimate of drug-likeness (QED) is 0.0322. The first-order chi connectivity index (χ1) is 30.0. The molecule has 6 nitrogen and oxygen atoms in total. The number of aliphatic hydroxyl groups excluding tert-OH is 2. The van der Waals surface area contributed by atoms with E-state index in [0.717, 1.165) is 77.0 Å². The van der Waals surface area contributed by atoms with Crippen molar-refractivity contribution in [2.24, 2.45) is 0 Å². The molecule has 0 rings (SSSR count). The van der Waals surface area contributed by atoms with Gasteiger partial charge in [0.2, 0.25) is 5.91 Å². The van der Waals surface area contributed by atoms with Crippen molar-refractivity contribution in [2.75, 3.05) is 6.61 Å². The van der Waals surface area contributed by atoms with Gasteiger partial charge in [-0.3, -0.25) is 9.59 Å². The second-order valence-electron chi connectivity index (χ2n) is 18.3. The van der Waals surface area contributed by atoms with Crippen LogP contribution in [0.2, 0.25) is 0 Å². The number of unbranched alkanes of at least 4 members (excludes halogenated alkanes) is 30. The summed E-state index contributed by atoms with van der Waals surface area (Å²) in [7, 11) is 0. The fraction of sp³-hybridized carbons (Fsp3) is 0.855. The molecule has 61 heavy (non-hydrogen) atoms. The van der Waals surface area contributed by atoms with E-state index < -0.39 is 18.2 Å². The van der Waals surface area contributed by atoms with Crippen LogP contribution >= 0.6 is 0 Å². The number of rotatable bonds is 48. The van der Waals surface area contributed by atoms with Crippen molar-refractivity contribution in [3.63, 3.8) is 0 Å². The van der Waals surface area contributed by atoms with Crippen LogP contribution in [0.4, 0.5) is 0 Å². The van der Waals surface area contributed by atoms with Gasteiger partial charge in [-0.1, -0.05) is 218 Å². The Morgan fingerprint density at radius 3 is 1.30 bits per heavy atom. The second kappa shape index (κ2) is 49.1. The van der Waals surface area contributed by atoms with Crippen LogP contribution in [0.15, 0.2) is 36.5 Å². The molecule has 0 aliphatic heterocycles. The largest absolute Gasteiger partial charge is 0.462 e. The van der Waals surface area contributed by atoms with Gasteiger partial charge in [-0.2, -0.15) is 0 Å². The van der Waals surface area contributed by atoms with E-state index in [-0.39, 0.29) is 24.9 Å². The Hall–Kier alpha value is -1.92. The zero-order chi connectivity index (χ0) is 44.5. The molecule has 0 aromatic rings. The van der Waals surface area contributed by atoms with E-state index in [1.54, 1.807) is 0 Å². The molecule has 0 saturated heterocycles. The Bertz CT molecular complexity index is 1010. The van der Waals surface area contributed by atoms with Crippen molar-refractivity contribution in [1.29, 1.82) is 0 Å². The van der Waals surface area contributed by atoms with Crippen molar-refractivity contribution in [3.8, 4) is 0 Å². The van der Waals surface area contributed by atoms with Gasteiger partial charge in [0.05, 0.1) is 25.2 Å². The number of carbonyl (C=O) groups excluding carboxylic acids is 2. The van der Waals surface area contributed by atoms with Crippen molar-refractivity contribution in [3.05, 3.63) is 36.5 Å². The fourth-order valence-electron chi connectivity index (χ4n) is 8.10. The zero-order valence-electron chi connectivity index (χ0n) is 40.8. The maximum atomic E-state index is 13.2. The van der Waals surface area contributed by atoms with Crippen molar-refractivity contribution < 1.29 is 24.5 Å². The SMILES string of the molecule is CCCCC/C=C\C/C=C\CCCCCCCC(CC(=O)NC(CO)C(O)CCCCCCCCCCC)OC(=O)CCCCCCC/C=C/CCCCCCCCCCC. The number of aliphatic hydroxyl groups is 2. The van der Waals surface area contributed by atoms with Gasteiger partial charge >= 0.3 is 5.97 Å². The summed E-state index contributed by atoms with van der Waals surface area (Å²) in [4.78, 5) is 26.1. The molecule has 0 radical (unpaired) electrons. The predicted octanol–water partition coefficient (Wildman–Crippen LogP) is 16.1. The minimum atomic E-state index is -0.790. The minimum absolute atomic E-state index is 0.0669. The molecule has 3 N–H and O–H groups in total. The highest BCUT2D eigenvalue weighted by molar-refractivity contribution is 5.77. The molecule has 358 valence electrons. The van der Waals surface area contributed by atoms with Crippen LogP contribution in [-0.4, -0.2) is 46.9 Å². The summed E-state index contributed by atoms with van der Waals surface area (Å²) in [5.74, 6) is -0.489. The molecular weight excluding hydrogens is 755 g/mol. The lowest BCUT2D eigenvalue weighted by Gasteiger charge is -2.24. The van der Waals surface area contributed by atoms with E-state index in [1.807, 2.05) is 0 Å². The Morgan fingerprint density at radius 2 is 0.836 bits per heavy atom. The van der Waals surface area contributed by atoms with Crippen LogP contribution in [0.3, 0.4) is 0 Å². The van der Waals surface area contributed by atoms with Gasteiger partial charge in [0.15, 0.2) is 0 Å². The van der Waals surface area contributed by atoms with E-state index in [9.17, 15) is 19.8 Å². The number of nitrogens with one attached hydrogen (secondary N) is 1. The van der Waals surface area contributed by atoms with Crippen molar-refractivity contribution in [2.45, 2.75) is 296 Å². The maximum absolute atomic E-state index is 13.2. The number of amides is 1. The first-order valence-corrected chi connectivity index (χ1v) is 26.7. The summed E-state index contributed by atoms with van der Waals surface area (Å²) in [6.45, 7) is 6.45. The molecule has 0 spiro atoms. The van der Waals surface area contributed by atoms with Crippen LogP contribution in [0.1, 0.15) is 278 Å². The number of carbonyl (C=O) groups is 2. The first-order valence-electron chi connectivity index (χ1n) is 26.7. The normalized spacial score (nSPS) is 13.5. The molecule has 0 bridgehead atoms. The summed E-state index contributed by atoms with van der Waals surface area (Å²) in [5.41, 5.74) is 0. The molecule has 0 saturated carbocycles. The molecular formula is C55H103NO5. The molecule has 1 amide bonds. The van der Waals surface area contributed by atoms with Gasteiger partial charge in [-0.05, 0) is 83.5 Å². The smallest absolute Gasteiger partial charge is 0.306 e. The summed E-state index contributed by atoms with van der Waals surface area (Å²) >= 11 is 0. The highest BCUT2D eigenvalue weighted by atomic mass is 16.5. The Morgan fingerprint density at radius 1 is 0.475 bits per heavy atom. The van der Waals surface area contributed by atoms with E-state index in [4.69, 9.17) is 4.74 Å². The monoisotopic (exact) mass is 858 g/mol. The summed E-state index contributed by atoms with van der Waals surface area (Å²) in [6.07, 6.45) is 57.8. The topological polar surface area (TPSA) is 95.9 Å². The molecule has 3 unspecified atom stereocenters. The van der Waals surface area contributed by atoms with Crippen LogP contribution in [-0.2, 0) is 14.3 Å². The molecule has 0 aromatic carbocycles. The van der Waals surface area contributed by atoms with Crippen molar-refractivity contribution >= 4 is 11.9 Å². The first kappa shape index (κ1) is 59.1. The molecule has 0 aliphatic rings. The van der Waals surface area contributed by atoms with Gasteiger partial charge in [-0.25, -0.2) is 0 Å².